The maximum Gasteiger partial charge on any atom is 0.158 e. The second kappa shape index (κ2) is 9.57. The second-order valence-electron chi connectivity index (χ2n) is 8.37. The Kier molecular flexibility index (Phi) is 6.19. The molecular formula is C27H28N4O2. The highest BCUT2D eigenvalue weighted by atomic mass is 16.5. The van der Waals surface area contributed by atoms with Crippen molar-refractivity contribution in [1.29, 1.82) is 0 Å². The smallest absolute Gasteiger partial charge is 0.158 e. The number of nitrogens with one attached hydrogen (secondary N) is 2. The minimum absolute atomic E-state index is 0.142. The van der Waals surface area contributed by atoms with Gasteiger partial charge in [-0.2, -0.15) is 5.10 Å². The van der Waals surface area contributed by atoms with Crippen molar-refractivity contribution < 1.29 is 9.53 Å². The number of ketones is 1. The topological polar surface area (TPSA) is 70.2 Å². The number of nitrogens with zero attached hydrogens (tertiary/aromatic N) is 2. The number of aromatic amines is 1. The number of H-pyrrole nitrogens is 1. The molecule has 5 rings (SSSR count). The van der Waals surface area contributed by atoms with E-state index in [-0.39, 0.29) is 11.8 Å². The molecule has 6 heteroatoms. The maximum atomic E-state index is 13.1. The monoisotopic (exact) mass is 440 g/mol. The number of benzene rings is 3. The molecule has 33 heavy (non-hydrogen) atoms. The van der Waals surface area contributed by atoms with Crippen LogP contribution in [0.3, 0.4) is 0 Å². The second-order valence-corrected chi connectivity index (χ2v) is 8.37. The number of carbonyl (C=O) groups is 1. The Labute approximate surface area is 193 Å². The lowest BCUT2D eigenvalue weighted by Crippen LogP contribution is -2.36. The Morgan fingerprint density at radius 3 is 2.55 bits per heavy atom. The van der Waals surface area contributed by atoms with Crippen LogP contribution >= 0.6 is 0 Å². The third-order valence-corrected chi connectivity index (χ3v) is 6.27. The van der Waals surface area contributed by atoms with Crippen molar-refractivity contribution in [2.75, 3.05) is 38.3 Å². The van der Waals surface area contributed by atoms with Gasteiger partial charge in [-0.15, -0.1) is 0 Å². The molecule has 1 aliphatic heterocycles. The maximum absolute atomic E-state index is 13.1. The fraction of sp³-hybridized carbons (Fsp3) is 0.259. The first kappa shape index (κ1) is 21.4. The summed E-state index contributed by atoms with van der Waals surface area (Å²) in [7, 11) is 1.83. The van der Waals surface area contributed by atoms with E-state index >= 15 is 0 Å². The molecule has 168 valence electrons. The molecule has 1 aliphatic rings. The predicted octanol–water partition coefficient (Wildman–Crippen LogP) is 4.14. The summed E-state index contributed by atoms with van der Waals surface area (Å²) in [5.74, 6) is 0.142. The third-order valence-electron chi connectivity index (χ3n) is 6.27. The van der Waals surface area contributed by atoms with E-state index < -0.39 is 0 Å². The number of anilines is 1. The van der Waals surface area contributed by atoms with Crippen LogP contribution in [0.1, 0.15) is 17.2 Å². The highest BCUT2D eigenvalue weighted by molar-refractivity contribution is 5.95. The van der Waals surface area contributed by atoms with Gasteiger partial charge >= 0.3 is 0 Å². The minimum atomic E-state index is -0.321. The molecule has 1 atom stereocenters. The van der Waals surface area contributed by atoms with Crippen molar-refractivity contribution in [2.24, 2.45) is 0 Å². The number of likely N-dealkylation sites (N-methyl/N-ethyl adjacent to an activating group) is 1. The number of ether oxygens (including phenoxy) is 1. The van der Waals surface area contributed by atoms with E-state index in [0.717, 1.165) is 59.6 Å². The molecule has 2 N–H and O–H groups in total. The molecule has 0 bridgehead atoms. The van der Waals surface area contributed by atoms with Gasteiger partial charge in [-0.25, -0.2) is 0 Å². The van der Waals surface area contributed by atoms with Gasteiger partial charge in [0.25, 0.3) is 0 Å². The highest BCUT2D eigenvalue weighted by Gasteiger charge is 2.19. The number of morpholine rings is 1. The lowest BCUT2D eigenvalue weighted by Gasteiger charge is -2.28. The van der Waals surface area contributed by atoms with Crippen molar-refractivity contribution in [1.82, 2.24) is 15.5 Å². The SMILES string of the molecule is CNC(C(=O)Cc1ccc2[nH]nc(-c3ccc(N4CCOCC4)cc3)c2c1)c1ccccc1. The molecule has 3 aromatic carbocycles. The van der Waals surface area contributed by atoms with Crippen LogP contribution in [0.2, 0.25) is 0 Å². The number of rotatable bonds is 7. The van der Waals surface area contributed by atoms with E-state index in [4.69, 9.17) is 4.74 Å². The van der Waals surface area contributed by atoms with E-state index in [1.54, 1.807) is 0 Å². The molecule has 0 radical (unpaired) electrons. The van der Waals surface area contributed by atoms with Gasteiger partial charge in [0.05, 0.1) is 30.5 Å². The highest BCUT2D eigenvalue weighted by Crippen LogP contribution is 2.29. The van der Waals surface area contributed by atoms with Crippen LogP contribution in [-0.2, 0) is 16.0 Å². The summed E-state index contributed by atoms with van der Waals surface area (Å²) in [5.41, 5.74) is 6.09. The number of hydrogen-bond donors (Lipinski definition) is 2. The predicted molar refractivity (Wildman–Crippen MR) is 132 cm³/mol. The number of fused-ring (bicyclic) bond motifs is 1. The van der Waals surface area contributed by atoms with E-state index in [2.05, 4.69) is 50.7 Å². The molecule has 1 unspecified atom stereocenters. The van der Waals surface area contributed by atoms with Crippen LogP contribution in [0, 0.1) is 0 Å². The summed E-state index contributed by atoms with van der Waals surface area (Å²) in [4.78, 5) is 15.4. The Balaban J connectivity index is 1.38. The van der Waals surface area contributed by atoms with Crippen LogP contribution in [-0.4, -0.2) is 49.3 Å². The molecule has 4 aromatic rings. The largest absolute Gasteiger partial charge is 0.378 e. The number of hydrogen-bond acceptors (Lipinski definition) is 5. The average Bonchev–Trinajstić information content (AvgIpc) is 3.29. The zero-order valence-corrected chi connectivity index (χ0v) is 18.8. The van der Waals surface area contributed by atoms with Crippen molar-refractivity contribution in [2.45, 2.75) is 12.5 Å². The quantitative estimate of drug-likeness (QED) is 0.452. The first-order valence-corrected chi connectivity index (χ1v) is 11.4. The van der Waals surface area contributed by atoms with Gasteiger partial charge in [-0.3, -0.25) is 9.89 Å². The molecule has 1 fully saturated rings. The molecule has 0 saturated carbocycles. The molecule has 0 amide bonds. The molecule has 0 aliphatic carbocycles. The van der Waals surface area contributed by atoms with Gasteiger partial charge in [0.1, 0.15) is 0 Å². The Morgan fingerprint density at radius 1 is 1.06 bits per heavy atom. The molecule has 1 saturated heterocycles. The van der Waals surface area contributed by atoms with Crippen molar-refractivity contribution >= 4 is 22.4 Å². The molecule has 2 heterocycles. The van der Waals surface area contributed by atoms with Crippen LogP contribution in [0.25, 0.3) is 22.2 Å². The molecule has 1 aromatic heterocycles. The Morgan fingerprint density at radius 2 is 1.82 bits per heavy atom. The normalized spacial score (nSPS) is 15.0. The number of Topliss-reactive ketones (excluding diaryl/α,β-unsaturated/α-hetero) is 1. The zero-order chi connectivity index (χ0) is 22.6. The van der Waals surface area contributed by atoms with Crippen molar-refractivity contribution in [3.05, 3.63) is 83.9 Å². The van der Waals surface area contributed by atoms with Crippen LogP contribution in [0.5, 0.6) is 0 Å². The molecule has 0 spiro atoms. The average molecular weight is 441 g/mol. The summed E-state index contributed by atoms with van der Waals surface area (Å²) in [5, 5.41) is 11.9. The molecule has 6 nitrogen and oxygen atoms in total. The van der Waals surface area contributed by atoms with Crippen molar-refractivity contribution in [3.63, 3.8) is 0 Å². The third kappa shape index (κ3) is 4.53. The van der Waals surface area contributed by atoms with Crippen LogP contribution in [0.15, 0.2) is 72.8 Å². The van der Waals surface area contributed by atoms with Crippen molar-refractivity contribution in [3.8, 4) is 11.3 Å². The standard InChI is InChI=1S/C27H28N4O2/c1-28-27(20-5-3-2-4-6-20)25(32)18-19-7-12-24-23(17-19)26(30-29-24)21-8-10-22(11-9-21)31-13-15-33-16-14-31/h2-12,17,27-28H,13-16,18H2,1H3,(H,29,30). The number of aromatic nitrogens is 2. The minimum Gasteiger partial charge on any atom is -0.378 e. The van der Waals surface area contributed by atoms with Gasteiger partial charge in [0.15, 0.2) is 5.78 Å². The fourth-order valence-electron chi connectivity index (χ4n) is 4.51. The van der Waals surface area contributed by atoms with Crippen LogP contribution in [0.4, 0.5) is 5.69 Å². The van der Waals surface area contributed by atoms with E-state index in [1.807, 2.05) is 49.5 Å². The van der Waals surface area contributed by atoms with Gasteiger partial charge in [-0.05, 0) is 42.4 Å². The van der Waals surface area contributed by atoms with E-state index in [9.17, 15) is 4.79 Å². The summed E-state index contributed by atoms with van der Waals surface area (Å²) < 4.78 is 5.45. The molecular weight excluding hydrogens is 412 g/mol. The fourth-order valence-corrected chi connectivity index (χ4v) is 4.51. The summed E-state index contributed by atoms with van der Waals surface area (Å²) >= 11 is 0. The van der Waals surface area contributed by atoms with Gasteiger partial charge in [-0.1, -0.05) is 48.5 Å². The van der Waals surface area contributed by atoms with Gasteiger partial charge < -0.3 is 15.0 Å². The Hall–Kier alpha value is -3.48. The van der Waals surface area contributed by atoms with E-state index in [1.165, 1.54) is 5.69 Å². The van der Waals surface area contributed by atoms with Gasteiger partial charge in [0, 0.05) is 36.1 Å². The van der Waals surface area contributed by atoms with E-state index in [0.29, 0.717) is 6.42 Å². The van der Waals surface area contributed by atoms with Gasteiger partial charge in [0.2, 0.25) is 0 Å². The lowest BCUT2D eigenvalue weighted by molar-refractivity contribution is -0.120. The Bertz CT molecular complexity index is 1230. The first-order valence-electron chi connectivity index (χ1n) is 11.4. The first-order chi connectivity index (χ1) is 16.2. The van der Waals surface area contributed by atoms with Crippen LogP contribution < -0.4 is 10.2 Å². The summed E-state index contributed by atoms with van der Waals surface area (Å²) in [6, 6.07) is 24.1. The zero-order valence-electron chi connectivity index (χ0n) is 18.8. The number of carbonyl (C=O) groups excluding carboxylic acids is 1. The lowest BCUT2D eigenvalue weighted by atomic mass is 9.96. The summed E-state index contributed by atoms with van der Waals surface area (Å²) in [6.07, 6.45) is 0.358. The summed E-state index contributed by atoms with van der Waals surface area (Å²) in [6.45, 7) is 3.37.